The molecule has 2 fully saturated rings. The first kappa shape index (κ1) is 27.8. The van der Waals surface area contributed by atoms with Crippen molar-refractivity contribution >= 4 is 43.2 Å². The molecule has 1 amide bonds. The first-order valence-electron chi connectivity index (χ1n) is 12.0. The summed E-state index contributed by atoms with van der Waals surface area (Å²) in [6.45, 7) is 2.50. The molecule has 37 heavy (non-hydrogen) atoms. The van der Waals surface area contributed by atoms with Gasteiger partial charge in [-0.1, -0.05) is 11.6 Å². The zero-order valence-corrected chi connectivity index (χ0v) is 23.2. The van der Waals surface area contributed by atoms with E-state index in [1.165, 1.54) is 40.0 Å². The molecular weight excluding hydrogens is 540 g/mol. The van der Waals surface area contributed by atoms with Gasteiger partial charge in [-0.2, -0.15) is 8.61 Å². The van der Waals surface area contributed by atoms with E-state index in [0.717, 1.165) is 0 Å². The second-order valence-electron chi connectivity index (χ2n) is 9.22. The van der Waals surface area contributed by atoms with Crippen LogP contribution in [0, 0.1) is 5.92 Å². The smallest absolute Gasteiger partial charge is 0.246 e. The summed E-state index contributed by atoms with van der Waals surface area (Å²) < 4.78 is 60.5. The van der Waals surface area contributed by atoms with Gasteiger partial charge in [0.15, 0.2) is 0 Å². The summed E-state index contributed by atoms with van der Waals surface area (Å²) in [5.41, 5.74) is 0.443. The Hall–Kier alpha value is -2.22. The highest BCUT2D eigenvalue weighted by Gasteiger charge is 2.35. The lowest BCUT2D eigenvalue weighted by Crippen LogP contribution is -2.47. The Morgan fingerprint density at radius 3 is 2.27 bits per heavy atom. The Balaban J connectivity index is 1.43. The third-order valence-electron chi connectivity index (χ3n) is 6.72. The molecule has 13 heteroatoms. The molecule has 1 atom stereocenters. The second kappa shape index (κ2) is 11.3. The van der Waals surface area contributed by atoms with Gasteiger partial charge in [0.1, 0.15) is 10.6 Å². The van der Waals surface area contributed by atoms with Crippen molar-refractivity contribution in [1.82, 2.24) is 13.5 Å². The highest BCUT2D eigenvalue weighted by molar-refractivity contribution is 7.89. The quantitative estimate of drug-likeness (QED) is 0.543. The number of carbonyl (C=O) groups excluding carboxylic acids is 1. The number of rotatable bonds is 7. The van der Waals surface area contributed by atoms with Gasteiger partial charge in [0, 0.05) is 50.0 Å². The van der Waals surface area contributed by atoms with Crippen LogP contribution >= 0.6 is 11.6 Å². The fourth-order valence-electron chi connectivity index (χ4n) is 4.50. The molecular formula is C24H31ClN4O6S2. The molecule has 1 N–H and O–H groups in total. The van der Waals surface area contributed by atoms with Gasteiger partial charge in [0.2, 0.25) is 26.0 Å². The summed E-state index contributed by atoms with van der Waals surface area (Å²) in [5.74, 6) is -0.710. The molecule has 0 unspecified atom stereocenters. The predicted octanol–water partition coefficient (Wildman–Crippen LogP) is 2.32. The largest absolute Gasteiger partial charge is 0.495 e. The molecule has 0 aromatic heterocycles. The van der Waals surface area contributed by atoms with Crippen LogP contribution in [0.2, 0.25) is 5.02 Å². The lowest BCUT2D eigenvalue weighted by molar-refractivity contribution is -0.120. The Labute approximate surface area is 223 Å². The minimum absolute atomic E-state index is 0.0136. The number of nitrogens with zero attached hydrogens (tertiary/aromatic N) is 3. The molecule has 202 valence electrons. The van der Waals surface area contributed by atoms with Crippen molar-refractivity contribution < 1.29 is 26.4 Å². The molecule has 2 aliphatic rings. The van der Waals surface area contributed by atoms with Gasteiger partial charge in [0.25, 0.3) is 0 Å². The van der Waals surface area contributed by atoms with E-state index in [1.54, 1.807) is 18.2 Å². The fraction of sp³-hybridized carbons (Fsp3) is 0.458. The van der Waals surface area contributed by atoms with Crippen LogP contribution in [0.1, 0.15) is 12.8 Å². The van der Waals surface area contributed by atoms with Crippen molar-refractivity contribution in [3.63, 3.8) is 0 Å². The van der Waals surface area contributed by atoms with Crippen molar-refractivity contribution in [2.75, 3.05) is 58.7 Å². The summed E-state index contributed by atoms with van der Waals surface area (Å²) in [6.07, 6.45) is 1.04. The highest BCUT2D eigenvalue weighted by atomic mass is 35.5. The Morgan fingerprint density at radius 1 is 0.946 bits per heavy atom. The highest BCUT2D eigenvalue weighted by Crippen LogP contribution is 2.32. The maximum absolute atomic E-state index is 13.3. The van der Waals surface area contributed by atoms with E-state index in [0.29, 0.717) is 44.7 Å². The van der Waals surface area contributed by atoms with Crippen LogP contribution in [-0.2, 0) is 24.8 Å². The molecule has 2 aromatic rings. The minimum atomic E-state index is -3.93. The van der Waals surface area contributed by atoms with E-state index in [2.05, 4.69) is 10.2 Å². The molecule has 0 spiro atoms. The molecule has 0 saturated carbocycles. The molecule has 0 aliphatic carbocycles. The van der Waals surface area contributed by atoms with E-state index in [9.17, 15) is 21.6 Å². The number of amides is 1. The van der Waals surface area contributed by atoms with Crippen LogP contribution in [0.15, 0.2) is 52.3 Å². The lowest BCUT2D eigenvalue weighted by Gasteiger charge is -2.32. The van der Waals surface area contributed by atoms with Gasteiger partial charge in [-0.05, 0) is 62.4 Å². The van der Waals surface area contributed by atoms with Crippen LogP contribution in [0.3, 0.4) is 0 Å². The average molecular weight is 571 g/mol. The minimum Gasteiger partial charge on any atom is -0.495 e. The van der Waals surface area contributed by atoms with Gasteiger partial charge in [0.05, 0.1) is 17.9 Å². The number of benzene rings is 2. The van der Waals surface area contributed by atoms with Gasteiger partial charge in [-0.15, -0.1) is 0 Å². The van der Waals surface area contributed by atoms with Gasteiger partial charge in [-0.25, -0.2) is 16.8 Å². The van der Waals surface area contributed by atoms with Gasteiger partial charge < -0.3 is 15.0 Å². The molecule has 0 bridgehead atoms. The molecule has 2 aromatic carbocycles. The first-order valence-corrected chi connectivity index (χ1v) is 15.2. The summed E-state index contributed by atoms with van der Waals surface area (Å²) in [4.78, 5) is 15.2. The number of nitrogens with one attached hydrogen (secondary N) is 1. The van der Waals surface area contributed by atoms with Gasteiger partial charge in [-0.3, -0.25) is 4.79 Å². The molecule has 2 aliphatic heterocycles. The van der Waals surface area contributed by atoms with Crippen LogP contribution in [0.4, 0.5) is 5.69 Å². The number of likely N-dealkylation sites (N-methyl/N-ethyl adjacent to an activating group) is 1. The summed E-state index contributed by atoms with van der Waals surface area (Å²) in [5, 5.41) is 3.07. The molecule has 4 rings (SSSR count). The number of sulfonamides is 2. The van der Waals surface area contributed by atoms with E-state index in [1.807, 2.05) is 7.05 Å². The average Bonchev–Trinajstić information content (AvgIpc) is 2.89. The van der Waals surface area contributed by atoms with E-state index in [4.69, 9.17) is 16.3 Å². The number of anilines is 1. The Morgan fingerprint density at radius 2 is 1.62 bits per heavy atom. The standard InChI is InChI=1S/C24H31ClN4O6S2/c1-27-12-14-28(15-13-27)36(31,32)21-8-6-20(7-9-21)26-24(30)18-4-3-11-29(17-18)37(33,34)23-16-19(25)5-10-22(23)35-2/h5-10,16,18H,3-4,11-15,17H2,1-2H3,(H,26,30)/t18-/m0/s1. The number of piperazine rings is 1. The number of piperidine rings is 1. The van der Waals surface area contributed by atoms with Crippen LogP contribution in [0.25, 0.3) is 0 Å². The number of hydrogen-bond acceptors (Lipinski definition) is 7. The van der Waals surface area contributed by atoms with Crippen molar-refractivity contribution in [3.8, 4) is 5.75 Å². The second-order valence-corrected chi connectivity index (χ2v) is 13.5. The number of methoxy groups -OCH3 is 1. The Kier molecular flexibility index (Phi) is 8.46. The SMILES string of the molecule is COc1ccc(Cl)cc1S(=O)(=O)N1CCC[C@H](C(=O)Nc2ccc(S(=O)(=O)N3CCN(C)CC3)cc2)C1. The third kappa shape index (κ3) is 6.10. The predicted molar refractivity (Wildman–Crippen MR) is 141 cm³/mol. The first-order chi connectivity index (χ1) is 17.5. The van der Waals surface area contributed by atoms with Crippen LogP contribution in [-0.4, -0.2) is 89.7 Å². The number of carbonyl (C=O) groups is 1. The lowest BCUT2D eigenvalue weighted by atomic mass is 9.99. The van der Waals surface area contributed by atoms with Crippen LogP contribution < -0.4 is 10.1 Å². The van der Waals surface area contributed by atoms with Crippen molar-refractivity contribution in [2.24, 2.45) is 5.92 Å². The number of hydrogen-bond donors (Lipinski definition) is 1. The zero-order valence-electron chi connectivity index (χ0n) is 20.8. The summed E-state index contributed by atoms with van der Waals surface area (Å²) in [7, 11) is -4.20. The van der Waals surface area contributed by atoms with Crippen molar-refractivity contribution in [3.05, 3.63) is 47.5 Å². The third-order valence-corrected chi connectivity index (χ3v) is 10.8. The van der Waals surface area contributed by atoms with Crippen LogP contribution in [0.5, 0.6) is 5.75 Å². The zero-order chi connectivity index (χ0) is 26.8. The Bertz CT molecular complexity index is 1340. The number of halogens is 1. The number of ether oxygens (including phenoxy) is 1. The fourth-order valence-corrected chi connectivity index (χ4v) is 7.86. The van der Waals surface area contributed by atoms with E-state index >= 15 is 0 Å². The molecule has 2 saturated heterocycles. The maximum Gasteiger partial charge on any atom is 0.246 e. The maximum atomic E-state index is 13.3. The molecule has 0 radical (unpaired) electrons. The van der Waals surface area contributed by atoms with Crippen molar-refractivity contribution in [2.45, 2.75) is 22.6 Å². The normalized spacial score (nSPS) is 20.5. The molecule has 10 nitrogen and oxygen atoms in total. The summed E-state index contributed by atoms with van der Waals surface area (Å²) >= 11 is 6.03. The molecule has 2 heterocycles. The van der Waals surface area contributed by atoms with E-state index < -0.39 is 26.0 Å². The van der Waals surface area contributed by atoms with E-state index in [-0.39, 0.29) is 39.6 Å². The van der Waals surface area contributed by atoms with Gasteiger partial charge >= 0.3 is 0 Å². The summed E-state index contributed by atoms with van der Waals surface area (Å²) in [6, 6.07) is 10.4. The monoisotopic (exact) mass is 570 g/mol. The topological polar surface area (TPSA) is 116 Å². The van der Waals surface area contributed by atoms with Crippen molar-refractivity contribution in [1.29, 1.82) is 0 Å².